The zero-order valence-electron chi connectivity index (χ0n) is 8.34. The molecule has 17 heavy (non-hydrogen) atoms. The second kappa shape index (κ2) is 4.76. The van der Waals surface area contributed by atoms with Crippen LogP contribution in [0.25, 0.3) is 0 Å². The molecule has 0 fully saturated rings. The Bertz CT molecular complexity index is 580. The first-order valence-electron chi connectivity index (χ1n) is 4.53. The molecule has 0 aliphatic rings. The highest BCUT2D eigenvalue weighted by molar-refractivity contribution is 9.10. The molecule has 1 aromatic carbocycles. The maximum Gasteiger partial charge on any atom is 0.203 e. The van der Waals surface area contributed by atoms with E-state index in [4.69, 9.17) is 17.3 Å². The molecule has 2 N–H and O–H groups in total. The maximum absolute atomic E-state index is 13.0. The highest BCUT2D eigenvalue weighted by Gasteiger charge is 2.15. The summed E-state index contributed by atoms with van der Waals surface area (Å²) in [5, 5.41) is 0. The number of thiophene rings is 1. The van der Waals surface area contributed by atoms with Gasteiger partial charge in [-0.15, -0.1) is 11.3 Å². The minimum Gasteiger partial charge on any atom is -0.396 e. The van der Waals surface area contributed by atoms with Gasteiger partial charge in [-0.2, -0.15) is 0 Å². The molecule has 0 saturated heterocycles. The molecule has 1 aromatic heterocycles. The quantitative estimate of drug-likeness (QED) is 0.663. The first kappa shape index (κ1) is 12.5. The molecule has 2 nitrogen and oxygen atoms in total. The van der Waals surface area contributed by atoms with Gasteiger partial charge in [-0.25, -0.2) is 4.39 Å². The zero-order valence-corrected chi connectivity index (χ0v) is 11.5. The molecule has 1 heterocycles. The van der Waals surface area contributed by atoms with Crippen molar-refractivity contribution < 1.29 is 9.18 Å². The zero-order chi connectivity index (χ0) is 12.6. The van der Waals surface area contributed by atoms with E-state index in [-0.39, 0.29) is 11.5 Å². The summed E-state index contributed by atoms with van der Waals surface area (Å²) in [4.78, 5) is 12.5. The van der Waals surface area contributed by atoms with E-state index in [1.54, 1.807) is 6.07 Å². The van der Waals surface area contributed by atoms with E-state index in [1.165, 1.54) is 18.2 Å². The molecule has 2 rings (SSSR count). The number of hydrogen-bond acceptors (Lipinski definition) is 3. The van der Waals surface area contributed by atoms with Crippen molar-refractivity contribution in [3.05, 3.63) is 49.3 Å². The topological polar surface area (TPSA) is 43.1 Å². The number of ketones is 1. The van der Waals surface area contributed by atoms with Crippen LogP contribution in [-0.2, 0) is 0 Å². The van der Waals surface area contributed by atoms with Crippen molar-refractivity contribution in [2.24, 2.45) is 0 Å². The van der Waals surface area contributed by atoms with Gasteiger partial charge >= 0.3 is 0 Å². The summed E-state index contributed by atoms with van der Waals surface area (Å²) in [6.07, 6.45) is 0. The Morgan fingerprint density at radius 3 is 2.65 bits per heavy atom. The van der Waals surface area contributed by atoms with Crippen LogP contribution in [0.1, 0.15) is 15.2 Å². The lowest BCUT2D eigenvalue weighted by Gasteiger charge is -2.00. The molecular formula is C11H6BrClFNOS. The van der Waals surface area contributed by atoms with Gasteiger partial charge in [0.1, 0.15) is 10.2 Å². The highest BCUT2D eigenvalue weighted by atomic mass is 79.9. The van der Waals surface area contributed by atoms with Gasteiger partial charge < -0.3 is 5.73 Å². The molecule has 0 aliphatic carbocycles. The standard InChI is InChI=1S/C11H6BrClFNOS/c12-6-4-9(17-11(6)13)10(16)5-1-2-7(14)8(15)3-5/h1-4H,15H2. The highest BCUT2D eigenvalue weighted by Crippen LogP contribution is 2.33. The van der Waals surface area contributed by atoms with Gasteiger partial charge in [-0.1, -0.05) is 11.6 Å². The summed E-state index contributed by atoms with van der Waals surface area (Å²) in [5.41, 5.74) is 5.71. The Labute approximate surface area is 114 Å². The second-order valence-corrected chi connectivity index (χ2v) is 5.81. The average molecular weight is 335 g/mol. The lowest BCUT2D eigenvalue weighted by molar-refractivity contribution is 0.104. The van der Waals surface area contributed by atoms with Crippen molar-refractivity contribution in [2.75, 3.05) is 5.73 Å². The van der Waals surface area contributed by atoms with Crippen LogP contribution in [-0.4, -0.2) is 5.78 Å². The first-order chi connectivity index (χ1) is 7.99. The van der Waals surface area contributed by atoms with E-state index in [0.29, 0.717) is 19.2 Å². The lowest BCUT2D eigenvalue weighted by atomic mass is 10.1. The third-order valence-electron chi connectivity index (χ3n) is 2.13. The maximum atomic E-state index is 13.0. The number of rotatable bonds is 2. The third-order valence-corrected chi connectivity index (χ3v) is 4.60. The molecule has 88 valence electrons. The molecule has 0 aliphatic heterocycles. The van der Waals surface area contributed by atoms with Crippen molar-refractivity contribution in [3.63, 3.8) is 0 Å². The number of halogens is 3. The summed E-state index contributed by atoms with van der Waals surface area (Å²) in [6, 6.07) is 5.52. The fraction of sp³-hybridized carbons (Fsp3) is 0. The van der Waals surface area contributed by atoms with Gasteiger partial charge in [0.05, 0.1) is 10.6 Å². The van der Waals surface area contributed by atoms with Crippen LogP contribution in [0, 0.1) is 5.82 Å². The van der Waals surface area contributed by atoms with Gasteiger partial charge in [0, 0.05) is 10.0 Å². The SMILES string of the molecule is Nc1cc(C(=O)c2cc(Br)c(Cl)s2)ccc1F. The summed E-state index contributed by atoms with van der Waals surface area (Å²) >= 11 is 10.2. The van der Waals surface area contributed by atoms with Gasteiger partial charge in [0.25, 0.3) is 0 Å². The van der Waals surface area contributed by atoms with E-state index in [2.05, 4.69) is 15.9 Å². The van der Waals surface area contributed by atoms with Crippen LogP contribution in [0.4, 0.5) is 10.1 Å². The molecule has 2 aromatic rings. The predicted octanol–water partition coefficient (Wildman–Crippen LogP) is 4.12. The number of carbonyl (C=O) groups excluding carboxylic acids is 1. The van der Waals surface area contributed by atoms with Crippen molar-refractivity contribution in [2.45, 2.75) is 0 Å². The second-order valence-electron chi connectivity index (χ2n) is 3.30. The van der Waals surface area contributed by atoms with Crippen LogP contribution in [0.3, 0.4) is 0 Å². The van der Waals surface area contributed by atoms with E-state index in [9.17, 15) is 9.18 Å². The van der Waals surface area contributed by atoms with Crippen LogP contribution in [0.2, 0.25) is 4.34 Å². The number of hydrogen-bond donors (Lipinski definition) is 1. The summed E-state index contributed by atoms with van der Waals surface area (Å²) in [7, 11) is 0. The summed E-state index contributed by atoms with van der Waals surface area (Å²) in [5.74, 6) is -0.763. The molecule has 0 unspecified atom stereocenters. The number of carbonyl (C=O) groups is 1. The smallest absolute Gasteiger partial charge is 0.203 e. The number of nitrogens with two attached hydrogens (primary N) is 1. The number of benzene rings is 1. The molecule has 0 saturated carbocycles. The number of anilines is 1. The van der Waals surface area contributed by atoms with Crippen molar-refractivity contribution >= 4 is 50.3 Å². The summed E-state index contributed by atoms with van der Waals surface area (Å²) in [6.45, 7) is 0. The fourth-order valence-electron chi connectivity index (χ4n) is 1.29. The van der Waals surface area contributed by atoms with E-state index < -0.39 is 5.82 Å². The largest absolute Gasteiger partial charge is 0.396 e. The van der Waals surface area contributed by atoms with Crippen molar-refractivity contribution in [3.8, 4) is 0 Å². The van der Waals surface area contributed by atoms with Gasteiger partial charge in [-0.05, 0) is 40.2 Å². The molecule has 0 spiro atoms. The Morgan fingerprint density at radius 1 is 1.41 bits per heavy atom. The minimum atomic E-state index is -0.535. The Morgan fingerprint density at radius 2 is 2.12 bits per heavy atom. The van der Waals surface area contributed by atoms with Crippen molar-refractivity contribution in [1.29, 1.82) is 0 Å². The normalized spacial score (nSPS) is 10.5. The van der Waals surface area contributed by atoms with Crippen LogP contribution in [0.15, 0.2) is 28.7 Å². The Balaban J connectivity index is 2.40. The molecular weight excluding hydrogens is 329 g/mol. The van der Waals surface area contributed by atoms with Crippen LogP contribution >= 0.6 is 38.9 Å². The molecule has 6 heteroatoms. The van der Waals surface area contributed by atoms with E-state index in [0.717, 1.165) is 11.3 Å². The Kier molecular flexibility index (Phi) is 3.51. The molecule has 0 amide bonds. The van der Waals surface area contributed by atoms with E-state index in [1.807, 2.05) is 0 Å². The predicted molar refractivity (Wildman–Crippen MR) is 71.3 cm³/mol. The minimum absolute atomic E-state index is 0.0439. The van der Waals surface area contributed by atoms with Gasteiger partial charge in [0.15, 0.2) is 0 Å². The number of nitrogen functional groups attached to an aromatic ring is 1. The van der Waals surface area contributed by atoms with Crippen LogP contribution < -0.4 is 5.73 Å². The Hall–Kier alpha value is -0.910. The molecule has 0 radical (unpaired) electrons. The summed E-state index contributed by atoms with van der Waals surface area (Å²) < 4.78 is 14.1. The first-order valence-corrected chi connectivity index (χ1v) is 6.52. The van der Waals surface area contributed by atoms with Crippen LogP contribution in [0.5, 0.6) is 0 Å². The van der Waals surface area contributed by atoms with Crippen molar-refractivity contribution in [1.82, 2.24) is 0 Å². The van der Waals surface area contributed by atoms with Gasteiger partial charge in [0.2, 0.25) is 5.78 Å². The van der Waals surface area contributed by atoms with E-state index >= 15 is 0 Å². The monoisotopic (exact) mass is 333 g/mol. The third kappa shape index (κ3) is 2.51. The molecule has 0 atom stereocenters. The lowest BCUT2D eigenvalue weighted by Crippen LogP contribution is -2.01. The fourth-order valence-corrected chi connectivity index (χ4v) is 2.95. The average Bonchev–Trinajstić information content (AvgIpc) is 2.62. The van der Waals surface area contributed by atoms with Gasteiger partial charge in [-0.3, -0.25) is 4.79 Å². The molecule has 0 bridgehead atoms.